The monoisotopic (exact) mass is 226 g/mol. The zero-order valence-corrected chi connectivity index (χ0v) is 10.4. The van der Waals surface area contributed by atoms with E-state index in [9.17, 15) is 0 Å². The van der Waals surface area contributed by atoms with Crippen LogP contribution in [0.15, 0.2) is 0 Å². The summed E-state index contributed by atoms with van der Waals surface area (Å²) in [4.78, 5) is 0. The van der Waals surface area contributed by atoms with Crippen molar-refractivity contribution in [2.45, 2.75) is 45.3 Å². The maximum atomic E-state index is 5.56. The number of rotatable bonds is 0. The van der Waals surface area contributed by atoms with Gasteiger partial charge in [-0.3, -0.25) is 0 Å². The van der Waals surface area contributed by atoms with E-state index < -0.39 is 5.69 Å². The van der Waals surface area contributed by atoms with Crippen molar-refractivity contribution < 1.29 is 9.05 Å². The summed E-state index contributed by atoms with van der Waals surface area (Å²) in [7, 11) is 0. The van der Waals surface area contributed by atoms with Crippen LogP contribution in [0.2, 0.25) is 0 Å². The molecule has 5 heteroatoms. The fraction of sp³-hybridized carbons (Fsp3) is 1.00. The molecule has 12 heavy (non-hydrogen) atoms. The van der Waals surface area contributed by atoms with Gasteiger partial charge in [0, 0.05) is 6.42 Å². The first kappa shape index (κ1) is 11.0. The normalized spacial score (nSPS) is 31.4. The highest BCUT2D eigenvalue weighted by Gasteiger charge is 2.42. The van der Waals surface area contributed by atoms with Gasteiger partial charge in [-0.15, -0.1) is 0 Å². The van der Waals surface area contributed by atoms with Crippen molar-refractivity contribution in [3.8, 4) is 0 Å². The van der Waals surface area contributed by atoms with Crippen LogP contribution >= 0.6 is 17.9 Å². The molecule has 1 rings (SSSR count). The van der Waals surface area contributed by atoms with Crippen LogP contribution in [0.5, 0.6) is 0 Å². The predicted molar refractivity (Wildman–Crippen MR) is 58.2 cm³/mol. The third-order valence-corrected chi connectivity index (χ3v) is 3.96. The van der Waals surface area contributed by atoms with Crippen LogP contribution in [0, 0.1) is 0 Å². The molecule has 1 fully saturated rings. The van der Waals surface area contributed by atoms with Crippen molar-refractivity contribution in [3.63, 3.8) is 0 Å². The molecule has 0 bridgehead atoms. The molecule has 0 radical (unpaired) electrons. The Balaban J connectivity index is 2.88. The van der Waals surface area contributed by atoms with Gasteiger partial charge in [0.15, 0.2) is 0 Å². The Morgan fingerprint density at radius 1 is 1.17 bits per heavy atom. The SMILES string of the molecule is CC1(C)CC(C)(C)OP(=S)(S)O1. The van der Waals surface area contributed by atoms with Crippen molar-refractivity contribution in [3.05, 3.63) is 0 Å². The quantitative estimate of drug-likeness (QED) is 0.505. The molecule has 1 aliphatic rings. The Kier molecular flexibility index (Phi) is 2.71. The minimum atomic E-state index is -2.30. The molecule has 0 aromatic heterocycles. The lowest BCUT2D eigenvalue weighted by Crippen LogP contribution is -2.40. The van der Waals surface area contributed by atoms with Gasteiger partial charge in [-0.1, -0.05) is 12.2 Å². The smallest absolute Gasteiger partial charge is 0.245 e. The number of hydrogen-bond donors (Lipinski definition) is 1. The lowest BCUT2D eigenvalue weighted by molar-refractivity contribution is -0.0405. The van der Waals surface area contributed by atoms with Crippen LogP contribution in [0.3, 0.4) is 0 Å². The molecule has 0 unspecified atom stereocenters. The number of thiol groups is 1. The summed E-state index contributed by atoms with van der Waals surface area (Å²) in [6.07, 6.45) is 0.846. The highest BCUT2D eigenvalue weighted by atomic mass is 32.9. The van der Waals surface area contributed by atoms with E-state index in [0.717, 1.165) is 6.42 Å². The Labute approximate surface area is 84.3 Å². The molecular formula is C7H15O2PS2. The largest absolute Gasteiger partial charge is 0.316 e. The van der Waals surface area contributed by atoms with E-state index >= 15 is 0 Å². The first-order valence-electron chi connectivity index (χ1n) is 3.86. The zero-order chi connectivity index (χ0) is 9.62. The molecule has 0 saturated carbocycles. The van der Waals surface area contributed by atoms with Gasteiger partial charge in [0.25, 0.3) is 0 Å². The van der Waals surface area contributed by atoms with E-state index in [2.05, 4.69) is 12.2 Å². The van der Waals surface area contributed by atoms with Gasteiger partial charge in [-0.25, -0.2) is 0 Å². The lowest BCUT2D eigenvalue weighted by atomic mass is 9.93. The number of hydrogen-bond acceptors (Lipinski definition) is 3. The second-order valence-corrected chi connectivity index (χ2v) is 9.48. The zero-order valence-electron chi connectivity index (χ0n) is 7.83. The van der Waals surface area contributed by atoms with Crippen LogP contribution in [0.4, 0.5) is 0 Å². The second kappa shape index (κ2) is 2.96. The van der Waals surface area contributed by atoms with Crippen molar-refractivity contribution in [1.82, 2.24) is 0 Å². The fourth-order valence-corrected chi connectivity index (χ4v) is 5.69. The standard InChI is InChI=1S/C7H15O2PS2/c1-6(2)5-7(3,4)9-10(11,12)8-6/h5H2,1-4H3,(H,11,12). The molecule has 1 aliphatic heterocycles. The van der Waals surface area contributed by atoms with E-state index in [1.54, 1.807) is 0 Å². The summed E-state index contributed by atoms with van der Waals surface area (Å²) in [6, 6.07) is 0. The Bertz CT molecular complexity index is 218. The van der Waals surface area contributed by atoms with Gasteiger partial charge >= 0.3 is 0 Å². The Morgan fingerprint density at radius 3 is 1.75 bits per heavy atom. The second-order valence-electron chi connectivity index (χ2n) is 4.35. The molecule has 0 aliphatic carbocycles. The van der Waals surface area contributed by atoms with Gasteiger partial charge in [-0.2, -0.15) is 0 Å². The minimum Gasteiger partial charge on any atom is -0.316 e. The molecule has 72 valence electrons. The molecule has 0 aromatic carbocycles. The first-order chi connectivity index (χ1) is 5.12. The van der Waals surface area contributed by atoms with Crippen molar-refractivity contribution >= 4 is 29.7 Å². The summed E-state index contributed by atoms with van der Waals surface area (Å²) in [5.74, 6) is 0. The van der Waals surface area contributed by atoms with Crippen LogP contribution in [0.1, 0.15) is 34.1 Å². The maximum absolute atomic E-state index is 5.56. The minimum absolute atomic E-state index is 0.209. The van der Waals surface area contributed by atoms with Crippen LogP contribution < -0.4 is 0 Å². The summed E-state index contributed by atoms with van der Waals surface area (Å²) in [6.45, 7) is 8.09. The van der Waals surface area contributed by atoms with E-state index in [4.69, 9.17) is 20.9 Å². The van der Waals surface area contributed by atoms with Gasteiger partial charge < -0.3 is 9.05 Å². The summed E-state index contributed by atoms with van der Waals surface area (Å²) in [5, 5.41) is 0. The van der Waals surface area contributed by atoms with Gasteiger partial charge in [-0.05, 0) is 39.5 Å². The van der Waals surface area contributed by atoms with Crippen molar-refractivity contribution in [1.29, 1.82) is 0 Å². The molecule has 0 atom stereocenters. The predicted octanol–water partition coefficient (Wildman–Crippen LogP) is 3.13. The molecule has 2 nitrogen and oxygen atoms in total. The Hall–Kier alpha value is 0.920. The van der Waals surface area contributed by atoms with Gasteiger partial charge in [0.1, 0.15) is 0 Å². The summed E-state index contributed by atoms with van der Waals surface area (Å²) >= 11 is 9.35. The Morgan fingerprint density at radius 2 is 1.50 bits per heavy atom. The first-order valence-corrected chi connectivity index (χ1v) is 7.65. The molecule has 1 saturated heterocycles. The highest BCUT2D eigenvalue weighted by molar-refractivity contribution is 8.60. The van der Waals surface area contributed by atoms with Crippen LogP contribution in [-0.2, 0) is 20.9 Å². The van der Waals surface area contributed by atoms with Crippen molar-refractivity contribution in [2.24, 2.45) is 0 Å². The summed E-state index contributed by atoms with van der Waals surface area (Å²) in [5.41, 5.74) is -2.72. The van der Waals surface area contributed by atoms with Crippen LogP contribution in [0.25, 0.3) is 0 Å². The van der Waals surface area contributed by atoms with E-state index in [1.165, 1.54) is 0 Å². The average molecular weight is 226 g/mol. The molecule has 0 N–H and O–H groups in total. The van der Waals surface area contributed by atoms with Gasteiger partial charge in [0.2, 0.25) is 5.69 Å². The molecule has 0 amide bonds. The molecule has 0 aromatic rings. The van der Waals surface area contributed by atoms with Crippen molar-refractivity contribution in [2.75, 3.05) is 0 Å². The lowest BCUT2D eigenvalue weighted by Gasteiger charge is -2.44. The molecule has 1 heterocycles. The van der Waals surface area contributed by atoms with Gasteiger partial charge in [0.05, 0.1) is 11.2 Å². The molecule has 0 spiro atoms. The summed E-state index contributed by atoms with van der Waals surface area (Å²) < 4.78 is 11.1. The third kappa shape index (κ3) is 3.00. The van der Waals surface area contributed by atoms with E-state index in [0.29, 0.717) is 0 Å². The fourth-order valence-electron chi connectivity index (χ4n) is 1.73. The average Bonchev–Trinajstić information content (AvgIpc) is 1.44. The third-order valence-electron chi connectivity index (χ3n) is 1.58. The van der Waals surface area contributed by atoms with E-state index in [-0.39, 0.29) is 11.2 Å². The van der Waals surface area contributed by atoms with E-state index in [1.807, 2.05) is 27.7 Å². The maximum Gasteiger partial charge on any atom is 0.245 e. The highest BCUT2D eigenvalue weighted by Crippen LogP contribution is 2.63. The topological polar surface area (TPSA) is 18.5 Å². The molecular weight excluding hydrogens is 211 g/mol. The van der Waals surface area contributed by atoms with Crippen LogP contribution in [-0.4, -0.2) is 11.2 Å².